The van der Waals surface area contributed by atoms with Crippen LogP contribution in [0.4, 0.5) is 5.69 Å². The summed E-state index contributed by atoms with van der Waals surface area (Å²) in [5.74, 6) is -0.735. The van der Waals surface area contributed by atoms with E-state index in [2.05, 4.69) is 0 Å². The molecule has 25 heavy (non-hydrogen) atoms. The Morgan fingerprint density at radius 2 is 1.80 bits per heavy atom. The average molecular weight is 341 g/mol. The third kappa shape index (κ3) is 4.25. The van der Waals surface area contributed by atoms with Gasteiger partial charge >= 0.3 is 5.97 Å². The van der Waals surface area contributed by atoms with Gasteiger partial charge in [-0.1, -0.05) is 48.5 Å². The topological polar surface area (TPSA) is 66.8 Å². The monoisotopic (exact) mass is 341 g/mol. The van der Waals surface area contributed by atoms with E-state index in [1.54, 1.807) is 13.0 Å². The number of carbonyl (C=O) groups excluding carboxylic acids is 2. The van der Waals surface area contributed by atoms with Crippen LogP contribution >= 0.6 is 0 Å². The lowest BCUT2D eigenvalue weighted by Crippen LogP contribution is -2.45. The van der Waals surface area contributed by atoms with E-state index >= 15 is 0 Å². The summed E-state index contributed by atoms with van der Waals surface area (Å²) in [5, 5.41) is 9.69. The second-order valence-corrected chi connectivity index (χ2v) is 5.87. The van der Waals surface area contributed by atoms with Crippen molar-refractivity contribution < 1.29 is 19.4 Å². The molecule has 0 saturated carbocycles. The molecule has 0 aromatic heterocycles. The predicted molar refractivity (Wildman–Crippen MR) is 96.2 cm³/mol. The molecule has 5 heteroatoms. The van der Waals surface area contributed by atoms with Crippen molar-refractivity contribution in [2.45, 2.75) is 32.9 Å². The van der Waals surface area contributed by atoms with Gasteiger partial charge in [0.05, 0.1) is 25.8 Å². The van der Waals surface area contributed by atoms with Gasteiger partial charge in [0.25, 0.3) is 0 Å². The molecule has 0 aliphatic rings. The van der Waals surface area contributed by atoms with Crippen LogP contribution in [0, 0.1) is 6.92 Å². The van der Waals surface area contributed by atoms with E-state index in [4.69, 9.17) is 4.74 Å². The number of hydrogen-bond donors (Lipinski definition) is 1. The Morgan fingerprint density at radius 1 is 1.12 bits per heavy atom. The van der Waals surface area contributed by atoms with Crippen molar-refractivity contribution in [3.63, 3.8) is 0 Å². The number of carbonyl (C=O) groups is 2. The Bertz CT molecular complexity index is 743. The van der Waals surface area contributed by atoms with E-state index in [0.717, 1.165) is 11.1 Å². The first-order chi connectivity index (χ1) is 12.0. The fraction of sp³-hybridized carbons (Fsp3) is 0.300. The molecule has 0 heterocycles. The summed E-state index contributed by atoms with van der Waals surface area (Å²) in [6.45, 7) is 3.25. The lowest BCUT2D eigenvalue weighted by atomic mass is 10.0. The van der Waals surface area contributed by atoms with E-state index in [0.29, 0.717) is 11.3 Å². The fourth-order valence-electron chi connectivity index (χ4n) is 2.86. The summed E-state index contributed by atoms with van der Waals surface area (Å²) >= 11 is 0. The van der Waals surface area contributed by atoms with Crippen molar-refractivity contribution in [2.24, 2.45) is 0 Å². The van der Waals surface area contributed by atoms with Gasteiger partial charge in [0.1, 0.15) is 6.04 Å². The Morgan fingerprint density at radius 3 is 2.40 bits per heavy atom. The minimum atomic E-state index is -0.799. The first-order valence-corrected chi connectivity index (χ1v) is 8.12. The maximum absolute atomic E-state index is 13.0. The molecule has 0 aliphatic heterocycles. The molecule has 1 atom stereocenters. The van der Waals surface area contributed by atoms with E-state index in [-0.39, 0.29) is 18.9 Å². The molecule has 1 amide bonds. The van der Waals surface area contributed by atoms with Gasteiger partial charge in [-0.25, -0.2) is 4.79 Å². The summed E-state index contributed by atoms with van der Waals surface area (Å²) in [7, 11) is 1.30. The number of rotatable bonds is 6. The molecular formula is C20H23NO4. The van der Waals surface area contributed by atoms with Gasteiger partial charge in [-0.15, -0.1) is 0 Å². The minimum absolute atomic E-state index is 0.154. The zero-order valence-corrected chi connectivity index (χ0v) is 14.7. The SMILES string of the molecule is COC(=O)C(C)N(C(=O)Cc1ccccc1)c1c(C)cccc1CO. The zero-order valence-electron chi connectivity index (χ0n) is 14.7. The van der Waals surface area contributed by atoms with Gasteiger partial charge in [-0.05, 0) is 25.0 Å². The summed E-state index contributed by atoms with van der Waals surface area (Å²) < 4.78 is 4.83. The molecule has 5 nitrogen and oxygen atoms in total. The standard InChI is InChI=1S/C20H23NO4/c1-14-8-7-11-17(13-22)19(14)21(15(2)20(24)25-3)18(23)12-16-9-5-4-6-10-16/h4-11,15,22H,12-13H2,1-3H3. The summed E-state index contributed by atoms with van der Waals surface area (Å²) in [6.07, 6.45) is 0.154. The Labute approximate surface area is 147 Å². The molecule has 0 spiro atoms. The lowest BCUT2D eigenvalue weighted by molar-refractivity contribution is -0.143. The highest BCUT2D eigenvalue weighted by Gasteiger charge is 2.30. The van der Waals surface area contributed by atoms with Crippen LogP contribution in [-0.4, -0.2) is 30.1 Å². The van der Waals surface area contributed by atoms with Crippen LogP contribution in [0.2, 0.25) is 0 Å². The van der Waals surface area contributed by atoms with Crippen molar-refractivity contribution in [3.05, 3.63) is 65.2 Å². The first kappa shape index (κ1) is 18.7. The van der Waals surface area contributed by atoms with Crippen molar-refractivity contribution in [1.29, 1.82) is 0 Å². The first-order valence-electron chi connectivity index (χ1n) is 8.12. The molecule has 1 N–H and O–H groups in total. The molecule has 1 unspecified atom stereocenters. The van der Waals surface area contributed by atoms with E-state index in [9.17, 15) is 14.7 Å². The highest BCUT2D eigenvalue weighted by molar-refractivity contribution is 6.01. The van der Waals surface area contributed by atoms with Crippen molar-refractivity contribution >= 4 is 17.6 Å². The highest BCUT2D eigenvalue weighted by atomic mass is 16.5. The van der Waals surface area contributed by atoms with Gasteiger partial charge in [-0.3, -0.25) is 9.69 Å². The molecule has 2 aromatic rings. The number of hydrogen-bond acceptors (Lipinski definition) is 4. The van der Waals surface area contributed by atoms with Crippen LogP contribution in [0.3, 0.4) is 0 Å². The molecule has 2 rings (SSSR count). The number of aliphatic hydroxyl groups excluding tert-OH is 1. The van der Waals surface area contributed by atoms with E-state index < -0.39 is 12.0 Å². The third-order valence-corrected chi connectivity index (χ3v) is 4.13. The number of amides is 1. The van der Waals surface area contributed by atoms with Crippen molar-refractivity contribution in [3.8, 4) is 0 Å². The Kier molecular flexibility index (Phi) is 6.31. The normalized spacial score (nSPS) is 11.7. The van der Waals surface area contributed by atoms with Crippen LogP contribution in [0.1, 0.15) is 23.6 Å². The number of benzene rings is 2. The molecule has 0 saturated heterocycles. The number of para-hydroxylation sites is 1. The maximum Gasteiger partial charge on any atom is 0.328 e. The summed E-state index contributed by atoms with van der Waals surface area (Å²) in [6, 6.07) is 13.9. The molecule has 2 aromatic carbocycles. The number of aryl methyl sites for hydroxylation is 1. The minimum Gasteiger partial charge on any atom is -0.467 e. The second kappa shape index (κ2) is 8.44. The molecule has 132 valence electrons. The lowest BCUT2D eigenvalue weighted by Gasteiger charge is -2.30. The third-order valence-electron chi connectivity index (χ3n) is 4.13. The molecule has 0 fully saturated rings. The van der Waals surface area contributed by atoms with E-state index in [1.165, 1.54) is 12.0 Å². The Hall–Kier alpha value is -2.66. The van der Waals surface area contributed by atoms with Crippen molar-refractivity contribution in [2.75, 3.05) is 12.0 Å². The van der Waals surface area contributed by atoms with Gasteiger partial charge in [0.2, 0.25) is 5.91 Å². The molecule has 0 bridgehead atoms. The number of anilines is 1. The molecular weight excluding hydrogens is 318 g/mol. The maximum atomic E-state index is 13.0. The average Bonchev–Trinajstić information content (AvgIpc) is 2.63. The van der Waals surface area contributed by atoms with Gasteiger partial charge in [0, 0.05) is 5.56 Å². The zero-order chi connectivity index (χ0) is 18.4. The number of esters is 1. The molecule has 0 aliphatic carbocycles. The van der Waals surface area contributed by atoms with Gasteiger partial charge < -0.3 is 9.84 Å². The quantitative estimate of drug-likeness (QED) is 0.820. The number of methoxy groups -OCH3 is 1. The van der Waals surface area contributed by atoms with Gasteiger partial charge in [-0.2, -0.15) is 0 Å². The molecule has 0 radical (unpaired) electrons. The van der Waals surface area contributed by atoms with Gasteiger partial charge in [0.15, 0.2) is 0 Å². The van der Waals surface area contributed by atoms with Crippen LogP contribution in [0.25, 0.3) is 0 Å². The number of aliphatic hydroxyl groups is 1. The number of nitrogens with zero attached hydrogens (tertiary/aromatic N) is 1. The summed E-state index contributed by atoms with van der Waals surface area (Å²) in [4.78, 5) is 26.6. The highest BCUT2D eigenvalue weighted by Crippen LogP contribution is 2.28. The summed E-state index contributed by atoms with van der Waals surface area (Å²) in [5.41, 5.74) is 2.82. The second-order valence-electron chi connectivity index (χ2n) is 5.87. The fourth-order valence-corrected chi connectivity index (χ4v) is 2.86. The van der Waals surface area contributed by atoms with Crippen LogP contribution < -0.4 is 4.90 Å². The van der Waals surface area contributed by atoms with Crippen LogP contribution in [-0.2, 0) is 27.4 Å². The van der Waals surface area contributed by atoms with Crippen LogP contribution in [0.15, 0.2) is 48.5 Å². The Balaban J connectivity index is 2.47. The number of ether oxygens (including phenoxy) is 1. The van der Waals surface area contributed by atoms with Crippen molar-refractivity contribution in [1.82, 2.24) is 0 Å². The van der Waals surface area contributed by atoms with Crippen LogP contribution in [0.5, 0.6) is 0 Å². The predicted octanol–water partition coefficient (Wildman–Crippen LogP) is 2.62. The smallest absolute Gasteiger partial charge is 0.328 e. The van der Waals surface area contributed by atoms with E-state index in [1.807, 2.05) is 49.4 Å². The largest absolute Gasteiger partial charge is 0.467 e.